The minimum absolute atomic E-state index is 0.404. The molecule has 2 N–H and O–H groups in total. The number of halogens is 1. The highest BCUT2D eigenvalue weighted by Gasteiger charge is 2.23. The molecule has 0 heterocycles. The van der Waals surface area contributed by atoms with Gasteiger partial charge in [-0.05, 0) is 37.6 Å². The van der Waals surface area contributed by atoms with E-state index in [-0.39, 0.29) is 0 Å². The van der Waals surface area contributed by atoms with Gasteiger partial charge in [-0.1, -0.05) is 18.5 Å². The van der Waals surface area contributed by atoms with Crippen LogP contribution in [0.5, 0.6) is 0 Å². The maximum absolute atomic E-state index is 11.6. The smallest absolute Gasteiger partial charge is 0.320 e. The van der Waals surface area contributed by atoms with Gasteiger partial charge in [-0.3, -0.25) is 0 Å². The lowest BCUT2D eigenvalue weighted by Gasteiger charge is -2.21. The van der Waals surface area contributed by atoms with Gasteiger partial charge in [0.05, 0.1) is 6.07 Å². The molecule has 0 aromatic heterocycles. The van der Waals surface area contributed by atoms with Gasteiger partial charge in [-0.2, -0.15) is 5.26 Å². The van der Waals surface area contributed by atoms with Crippen molar-refractivity contribution in [3.63, 3.8) is 0 Å². The molecule has 0 spiro atoms. The van der Waals surface area contributed by atoms with Gasteiger partial charge < -0.3 is 10.6 Å². The summed E-state index contributed by atoms with van der Waals surface area (Å²) >= 11 is 5.73. The Morgan fingerprint density at radius 2 is 2.06 bits per heavy atom. The van der Waals surface area contributed by atoms with Crippen LogP contribution in [0.3, 0.4) is 0 Å². The molecular formula is C12H14ClN3O. The Balaban J connectivity index is 2.62. The molecular weight excluding hydrogens is 238 g/mol. The summed E-state index contributed by atoms with van der Waals surface area (Å²) in [6.07, 6.45) is 0.539. The van der Waals surface area contributed by atoms with Crippen LogP contribution in [0.15, 0.2) is 24.3 Å². The molecule has 1 aromatic rings. The number of hydrogen-bond donors (Lipinski definition) is 2. The van der Waals surface area contributed by atoms with Crippen molar-refractivity contribution in [3.05, 3.63) is 29.3 Å². The van der Waals surface area contributed by atoms with Crippen molar-refractivity contribution in [3.8, 4) is 6.07 Å². The van der Waals surface area contributed by atoms with E-state index < -0.39 is 11.6 Å². The summed E-state index contributed by atoms with van der Waals surface area (Å²) in [7, 11) is 0. The highest BCUT2D eigenvalue weighted by Crippen LogP contribution is 2.14. The average Bonchev–Trinajstić information content (AvgIpc) is 2.32. The first-order valence-electron chi connectivity index (χ1n) is 5.25. The third kappa shape index (κ3) is 3.97. The van der Waals surface area contributed by atoms with Crippen LogP contribution in [-0.4, -0.2) is 11.6 Å². The largest absolute Gasteiger partial charge is 0.320 e. The molecule has 0 aliphatic rings. The average molecular weight is 252 g/mol. The lowest BCUT2D eigenvalue weighted by atomic mass is 10.0. The topological polar surface area (TPSA) is 64.9 Å². The Labute approximate surface area is 106 Å². The first-order chi connectivity index (χ1) is 7.99. The summed E-state index contributed by atoms with van der Waals surface area (Å²) < 4.78 is 0. The Morgan fingerprint density at radius 1 is 1.47 bits per heavy atom. The predicted octanol–water partition coefficient (Wildman–Crippen LogP) is 3.15. The second-order valence-corrected chi connectivity index (χ2v) is 4.32. The summed E-state index contributed by atoms with van der Waals surface area (Å²) in [6, 6.07) is 8.40. The molecule has 0 radical (unpaired) electrons. The first kappa shape index (κ1) is 13.3. The van der Waals surface area contributed by atoms with Crippen LogP contribution in [0.25, 0.3) is 0 Å². The second-order valence-electron chi connectivity index (χ2n) is 3.88. The highest BCUT2D eigenvalue weighted by molar-refractivity contribution is 6.30. The van der Waals surface area contributed by atoms with Gasteiger partial charge in [-0.25, -0.2) is 4.79 Å². The fraction of sp³-hybridized carbons (Fsp3) is 0.333. The molecule has 1 aromatic carbocycles. The van der Waals surface area contributed by atoms with Gasteiger partial charge in [0, 0.05) is 10.7 Å². The maximum Gasteiger partial charge on any atom is 0.320 e. The molecule has 0 bridgehead atoms. The quantitative estimate of drug-likeness (QED) is 0.867. The van der Waals surface area contributed by atoms with Gasteiger partial charge in [0.1, 0.15) is 5.54 Å². The summed E-state index contributed by atoms with van der Waals surface area (Å²) in [5, 5.41) is 14.8. The molecule has 1 atom stereocenters. The van der Waals surface area contributed by atoms with Gasteiger partial charge in [-0.15, -0.1) is 0 Å². The molecule has 1 unspecified atom stereocenters. The lowest BCUT2D eigenvalue weighted by Crippen LogP contribution is -2.46. The van der Waals surface area contributed by atoms with Crippen molar-refractivity contribution in [1.29, 1.82) is 5.26 Å². The summed E-state index contributed by atoms with van der Waals surface area (Å²) in [6.45, 7) is 3.51. The van der Waals surface area contributed by atoms with E-state index in [2.05, 4.69) is 16.7 Å². The number of urea groups is 1. The molecule has 90 valence electrons. The van der Waals surface area contributed by atoms with Crippen molar-refractivity contribution < 1.29 is 4.79 Å². The number of carbonyl (C=O) groups excluding carboxylic acids is 1. The number of benzene rings is 1. The number of nitriles is 1. The van der Waals surface area contributed by atoms with Crippen molar-refractivity contribution in [1.82, 2.24) is 5.32 Å². The van der Waals surface area contributed by atoms with Crippen LogP contribution in [0.4, 0.5) is 10.5 Å². The van der Waals surface area contributed by atoms with Gasteiger partial charge in [0.2, 0.25) is 0 Å². The predicted molar refractivity (Wildman–Crippen MR) is 67.9 cm³/mol. The number of rotatable bonds is 3. The third-order valence-electron chi connectivity index (χ3n) is 2.45. The molecule has 0 saturated heterocycles. The molecule has 2 amide bonds. The highest BCUT2D eigenvalue weighted by atomic mass is 35.5. The Hall–Kier alpha value is -1.73. The van der Waals surface area contributed by atoms with Crippen LogP contribution >= 0.6 is 11.6 Å². The number of hydrogen-bond acceptors (Lipinski definition) is 2. The summed E-state index contributed by atoms with van der Waals surface area (Å²) in [5.74, 6) is 0. The van der Waals surface area contributed by atoms with Crippen LogP contribution in [0.2, 0.25) is 5.02 Å². The van der Waals surface area contributed by atoms with Gasteiger partial charge in [0.25, 0.3) is 0 Å². The molecule has 0 fully saturated rings. The molecule has 17 heavy (non-hydrogen) atoms. The SMILES string of the molecule is CCC(C)(C#N)NC(=O)Nc1ccc(Cl)cc1. The fourth-order valence-corrected chi connectivity index (χ4v) is 1.27. The molecule has 4 nitrogen and oxygen atoms in total. The van der Waals surface area contributed by atoms with E-state index in [1.165, 1.54) is 0 Å². The second kappa shape index (κ2) is 5.55. The van der Waals surface area contributed by atoms with Crippen molar-refractivity contribution in [2.45, 2.75) is 25.8 Å². The Kier molecular flexibility index (Phi) is 4.36. The monoisotopic (exact) mass is 251 g/mol. The van der Waals surface area contributed by atoms with E-state index in [1.54, 1.807) is 31.2 Å². The zero-order valence-corrected chi connectivity index (χ0v) is 10.5. The lowest BCUT2D eigenvalue weighted by molar-refractivity contribution is 0.244. The molecule has 0 aliphatic heterocycles. The molecule has 0 aliphatic carbocycles. The minimum atomic E-state index is -0.851. The first-order valence-corrected chi connectivity index (χ1v) is 5.63. The van der Waals surface area contributed by atoms with E-state index >= 15 is 0 Å². The molecule has 5 heteroatoms. The maximum atomic E-state index is 11.6. The minimum Gasteiger partial charge on any atom is -0.320 e. The van der Waals surface area contributed by atoms with E-state index in [4.69, 9.17) is 16.9 Å². The summed E-state index contributed by atoms with van der Waals surface area (Å²) in [4.78, 5) is 11.6. The van der Waals surface area contributed by atoms with Gasteiger partial charge >= 0.3 is 6.03 Å². The molecule has 1 rings (SSSR count). The Morgan fingerprint density at radius 3 is 2.53 bits per heavy atom. The third-order valence-corrected chi connectivity index (χ3v) is 2.70. The zero-order valence-electron chi connectivity index (χ0n) is 9.75. The van der Waals surface area contributed by atoms with Crippen LogP contribution < -0.4 is 10.6 Å². The van der Waals surface area contributed by atoms with Crippen LogP contribution in [0, 0.1) is 11.3 Å². The van der Waals surface area contributed by atoms with E-state index in [0.29, 0.717) is 17.1 Å². The normalized spacial score (nSPS) is 13.3. The van der Waals surface area contributed by atoms with Crippen molar-refractivity contribution in [2.75, 3.05) is 5.32 Å². The van der Waals surface area contributed by atoms with Crippen molar-refractivity contribution >= 4 is 23.3 Å². The number of anilines is 1. The number of amides is 2. The van der Waals surface area contributed by atoms with Crippen LogP contribution in [0.1, 0.15) is 20.3 Å². The van der Waals surface area contributed by atoms with Crippen molar-refractivity contribution in [2.24, 2.45) is 0 Å². The number of nitrogens with one attached hydrogen (secondary N) is 2. The van der Waals surface area contributed by atoms with E-state index in [9.17, 15) is 4.79 Å². The van der Waals surface area contributed by atoms with Crippen LogP contribution in [-0.2, 0) is 0 Å². The molecule has 0 saturated carbocycles. The summed E-state index contributed by atoms with van der Waals surface area (Å²) in [5.41, 5.74) is -0.223. The number of nitrogens with zero attached hydrogens (tertiary/aromatic N) is 1. The van der Waals surface area contributed by atoms with E-state index in [0.717, 1.165) is 0 Å². The van der Waals surface area contributed by atoms with Gasteiger partial charge in [0.15, 0.2) is 0 Å². The fourth-order valence-electron chi connectivity index (χ4n) is 1.14. The number of carbonyl (C=O) groups is 1. The van der Waals surface area contributed by atoms with E-state index in [1.807, 2.05) is 6.92 Å². The zero-order chi connectivity index (χ0) is 12.9. The standard InChI is InChI=1S/C12H14ClN3O/c1-3-12(2,8-14)16-11(17)15-10-6-4-9(13)5-7-10/h4-7H,3H2,1-2H3,(H2,15,16,17). The Bertz CT molecular complexity index is 438.